The molecule has 0 N–H and O–H groups in total. The molecule has 0 radical (unpaired) electrons. The number of anilines is 1. The van der Waals surface area contributed by atoms with Gasteiger partial charge < -0.3 is 14.5 Å². The highest BCUT2D eigenvalue weighted by atomic mass is 32.2. The van der Waals surface area contributed by atoms with E-state index in [2.05, 4.69) is 17.5 Å². The quantitative estimate of drug-likeness (QED) is 0.492. The predicted molar refractivity (Wildman–Crippen MR) is 137 cm³/mol. The maximum absolute atomic E-state index is 13.6. The van der Waals surface area contributed by atoms with Gasteiger partial charge in [0.25, 0.3) is 5.24 Å². The number of likely N-dealkylation sites (tertiary alicyclic amines) is 1. The summed E-state index contributed by atoms with van der Waals surface area (Å²) >= 11 is 4.10. The van der Waals surface area contributed by atoms with E-state index in [0.717, 1.165) is 25.2 Å². The first kappa shape index (κ1) is 25.4. The number of benzene rings is 1. The van der Waals surface area contributed by atoms with Crippen LogP contribution in [-0.4, -0.2) is 68.4 Å². The Hall–Kier alpha value is -2.69. The van der Waals surface area contributed by atoms with E-state index in [-0.39, 0.29) is 17.2 Å². The third-order valence-electron chi connectivity index (χ3n) is 6.50. The molecule has 1 atom stereocenters. The average Bonchev–Trinajstić information content (AvgIpc) is 2.82. The van der Waals surface area contributed by atoms with Crippen molar-refractivity contribution in [3.8, 4) is 0 Å². The number of morpholine rings is 1. The lowest BCUT2D eigenvalue weighted by Gasteiger charge is -2.46. The summed E-state index contributed by atoms with van der Waals surface area (Å²) in [5, 5.41) is -0.469. The number of hydrogen-bond acceptors (Lipinski definition) is 7. The average molecular weight is 516 g/mol. The molecule has 1 aromatic carbocycles. The lowest BCUT2D eigenvalue weighted by molar-refractivity contribution is -0.128. The number of pyridine rings is 1. The van der Waals surface area contributed by atoms with Crippen molar-refractivity contribution in [2.45, 2.75) is 24.8 Å². The molecule has 0 spiro atoms. The van der Waals surface area contributed by atoms with Crippen LogP contribution in [0.5, 0.6) is 0 Å². The molecule has 1 amide bonds. The van der Waals surface area contributed by atoms with E-state index >= 15 is 0 Å². The standard InChI is InChI=1S/C25H29N3O5S2/c1-25(2)22(17-7-9-20(10-8-17)35(3,31)32)28(24(30)34)16-18(23(25)29)15-19-5-4-6-21(26-19)27-11-13-33-14-12-27/h4-10,15,22H,11-14,16H2,1-3H3,(H,30,34)/b18-15+. The molecule has 1 aromatic heterocycles. The molecule has 10 heteroatoms. The molecule has 1 unspecified atom stereocenters. The van der Waals surface area contributed by atoms with Crippen molar-refractivity contribution in [2.24, 2.45) is 5.41 Å². The van der Waals surface area contributed by atoms with Gasteiger partial charge in [-0.05, 0) is 35.9 Å². The van der Waals surface area contributed by atoms with E-state index in [1.807, 2.05) is 18.2 Å². The Kier molecular flexibility index (Phi) is 7.08. The van der Waals surface area contributed by atoms with Gasteiger partial charge in [-0.25, -0.2) is 13.4 Å². The maximum atomic E-state index is 13.6. The van der Waals surface area contributed by atoms with Gasteiger partial charge in [0.05, 0.1) is 41.8 Å². The second-order valence-corrected chi connectivity index (χ2v) is 11.8. The van der Waals surface area contributed by atoms with Crippen LogP contribution in [0.1, 0.15) is 31.1 Å². The molecule has 186 valence electrons. The zero-order valence-electron chi connectivity index (χ0n) is 20.0. The first-order chi connectivity index (χ1) is 16.5. The Morgan fingerprint density at radius 1 is 1.14 bits per heavy atom. The highest BCUT2D eigenvalue weighted by Gasteiger charge is 2.48. The summed E-state index contributed by atoms with van der Waals surface area (Å²) in [4.78, 5) is 34.8. The number of aromatic nitrogens is 1. The normalized spacial score (nSPS) is 21.9. The first-order valence-electron chi connectivity index (χ1n) is 11.3. The molecule has 2 aromatic rings. The number of rotatable bonds is 4. The molecule has 35 heavy (non-hydrogen) atoms. The Morgan fingerprint density at radius 3 is 2.40 bits per heavy atom. The van der Waals surface area contributed by atoms with Gasteiger partial charge in [0.2, 0.25) is 0 Å². The van der Waals surface area contributed by atoms with E-state index in [1.165, 1.54) is 17.0 Å². The zero-order chi connectivity index (χ0) is 25.4. The first-order valence-corrected chi connectivity index (χ1v) is 13.7. The minimum absolute atomic E-state index is 0.0759. The molecular weight excluding hydrogens is 486 g/mol. The number of sulfone groups is 1. The van der Waals surface area contributed by atoms with Crippen molar-refractivity contribution < 1.29 is 22.7 Å². The number of piperidine rings is 1. The maximum Gasteiger partial charge on any atom is 0.279 e. The molecule has 3 heterocycles. The largest absolute Gasteiger partial charge is 0.378 e. The van der Waals surface area contributed by atoms with Crippen LogP contribution in [0.3, 0.4) is 0 Å². The van der Waals surface area contributed by atoms with Crippen LogP contribution in [0.25, 0.3) is 6.08 Å². The highest BCUT2D eigenvalue weighted by molar-refractivity contribution is 7.96. The van der Waals surface area contributed by atoms with Crippen molar-refractivity contribution in [3.63, 3.8) is 0 Å². The molecule has 0 aliphatic carbocycles. The number of ether oxygens (including phenoxy) is 1. The number of Topliss-reactive ketones (excluding diaryl/α,β-unsaturated/α-hetero) is 1. The summed E-state index contributed by atoms with van der Waals surface area (Å²) in [6.07, 6.45) is 2.87. The number of carbonyl (C=O) groups excluding carboxylic acids is 2. The Labute approximate surface area is 211 Å². The minimum Gasteiger partial charge on any atom is -0.378 e. The lowest BCUT2D eigenvalue weighted by Crippen LogP contribution is -2.51. The molecular formula is C25H29N3O5S2. The van der Waals surface area contributed by atoms with Crippen molar-refractivity contribution >= 4 is 45.4 Å². The van der Waals surface area contributed by atoms with Crippen molar-refractivity contribution in [3.05, 3.63) is 59.3 Å². The minimum atomic E-state index is -3.36. The van der Waals surface area contributed by atoms with Crippen LogP contribution in [0.4, 0.5) is 10.6 Å². The van der Waals surface area contributed by atoms with E-state index in [4.69, 9.17) is 9.72 Å². The molecule has 2 aliphatic rings. The van der Waals surface area contributed by atoms with Gasteiger partial charge in [0.1, 0.15) is 5.82 Å². The van der Waals surface area contributed by atoms with Crippen LogP contribution in [0.15, 0.2) is 52.9 Å². The van der Waals surface area contributed by atoms with E-state index in [9.17, 15) is 18.0 Å². The lowest BCUT2D eigenvalue weighted by atomic mass is 9.71. The number of hydrogen-bond donors (Lipinski definition) is 1. The van der Waals surface area contributed by atoms with E-state index < -0.39 is 26.5 Å². The van der Waals surface area contributed by atoms with Crippen LogP contribution >= 0.6 is 12.6 Å². The molecule has 0 saturated carbocycles. The van der Waals surface area contributed by atoms with Crippen molar-refractivity contribution in [1.29, 1.82) is 0 Å². The second-order valence-electron chi connectivity index (χ2n) is 9.39. The second kappa shape index (κ2) is 9.75. The third-order valence-corrected chi connectivity index (χ3v) is 7.88. The number of amides is 1. The molecule has 0 bridgehead atoms. The van der Waals surface area contributed by atoms with Gasteiger partial charge in [0, 0.05) is 24.9 Å². The fourth-order valence-electron chi connectivity index (χ4n) is 4.72. The van der Waals surface area contributed by atoms with Gasteiger partial charge in [0.15, 0.2) is 15.6 Å². The third kappa shape index (κ3) is 5.29. The van der Waals surface area contributed by atoms with Gasteiger partial charge in [-0.2, -0.15) is 0 Å². The zero-order valence-corrected chi connectivity index (χ0v) is 21.7. The Morgan fingerprint density at radius 2 is 1.80 bits per heavy atom. The summed E-state index contributed by atoms with van der Waals surface area (Å²) in [7, 11) is -3.36. The Balaban J connectivity index is 1.68. The molecule has 2 saturated heterocycles. The van der Waals surface area contributed by atoms with E-state index in [1.54, 1.807) is 32.1 Å². The number of thiol groups is 1. The summed E-state index contributed by atoms with van der Waals surface area (Å²) in [5.41, 5.74) is 0.796. The van der Waals surface area contributed by atoms with Gasteiger partial charge in [-0.15, -0.1) is 0 Å². The molecule has 2 aliphatic heterocycles. The number of ketones is 1. The van der Waals surface area contributed by atoms with Crippen LogP contribution < -0.4 is 4.90 Å². The summed E-state index contributed by atoms with van der Waals surface area (Å²) in [5.74, 6) is 0.718. The fraction of sp³-hybridized carbons (Fsp3) is 0.400. The Bertz CT molecular complexity index is 1270. The topological polar surface area (TPSA) is 96.9 Å². The van der Waals surface area contributed by atoms with Crippen molar-refractivity contribution in [2.75, 3.05) is 44.0 Å². The monoisotopic (exact) mass is 515 g/mol. The smallest absolute Gasteiger partial charge is 0.279 e. The van der Waals surface area contributed by atoms with Gasteiger partial charge in [-0.1, -0.05) is 44.7 Å². The van der Waals surface area contributed by atoms with Crippen LogP contribution in [0, 0.1) is 5.41 Å². The van der Waals surface area contributed by atoms with Crippen LogP contribution in [0.2, 0.25) is 0 Å². The molecule has 2 fully saturated rings. The summed E-state index contributed by atoms with van der Waals surface area (Å²) in [6.45, 7) is 6.45. The number of carbonyl (C=O) groups is 2. The number of nitrogens with zero attached hydrogens (tertiary/aromatic N) is 3. The van der Waals surface area contributed by atoms with Gasteiger partial charge >= 0.3 is 0 Å². The van der Waals surface area contributed by atoms with Crippen LogP contribution in [-0.2, 0) is 19.4 Å². The fourth-order valence-corrected chi connectivity index (χ4v) is 5.54. The van der Waals surface area contributed by atoms with Gasteiger partial charge in [-0.3, -0.25) is 9.59 Å². The summed E-state index contributed by atoms with van der Waals surface area (Å²) < 4.78 is 29.1. The predicted octanol–water partition coefficient (Wildman–Crippen LogP) is 3.41. The molecule has 4 rings (SSSR count). The highest BCUT2D eigenvalue weighted by Crippen LogP contribution is 2.45. The van der Waals surface area contributed by atoms with E-state index in [0.29, 0.717) is 30.0 Å². The summed E-state index contributed by atoms with van der Waals surface area (Å²) in [6, 6.07) is 11.4. The molecule has 8 nitrogen and oxygen atoms in total. The SMILES string of the molecule is CC1(C)C(=O)/C(=C/c2cccc(N3CCOCC3)n2)CN(C(=O)S)C1c1ccc(S(C)(=O)=O)cc1. The van der Waals surface area contributed by atoms with Crippen molar-refractivity contribution in [1.82, 2.24) is 9.88 Å².